The molecule has 1 fully saturated rings. The number of rotatable bonds is 6. The van der Waals surface area contributed by atoms with E-state index >= 15 is 0 Å². The Morgan fingerprint density at radius 2 is 1.85 bits per heavy atom. The summed E-state index contributed by atoms with van der Waals surface area (Å²) >= 11 is 1.32. The Bertz CT molecular complexity index is 1260. The van der Waals surface area contributed by atoms with Gasteiger partial charge < -0.3 is 18.9 Å². The summed E-state index contributed by atoms with van der Waals surface area (Å²) in [7, 11) is 4.65. The van der Waals surface area contributed by atoms with Gasteiger partial charge in [-0.05, 0) is 43.4 Å². The third kappa shape index (κ3) is 3.69. The predicted molar refractivity (Wildman–Crippen MR) is 125 cm³/mol. The van der Waals surface area contributed by atoms with Crippen LogP contribution in [0.5, 0.6) is 17.2 Å². The molecular formula is C24H26N2O6S. The molecule has 1 aliphatic carbocycles. The lowest BCUT2D eigenvalue weighted by atomic mass is 9.96. The summed E-state index contributed by atoms with van der Waals surface area (Å²) in [6.45, 7) is 1.09. The van der Waals surface area contributed by atoms with Gasteiger partial charge in [0.25, 0.3) is 5.56 Å². The van der Waals surface area contributed by atoms with Crippen molar-refractivity contribution in [3.05, 3.63) is 32.9 Å². The molecule has 0 N–H and O–H groups in total. The van der Waals surface area contributed by atoms with E-state index in [-0.39, 0.29) is 17.4 Å². The molecule has 3 aromatic rings. The van der Waals surface area contributed by atoms with Crippen LogP contribution in [0.2, 0.25) is 0 Å². The van der Waals surface area contributed by atoms with Gasteiger partial charge in [0, 0.05) is 18.6 Å². The lowest BCUT2D eigenvalue weighted by Gasteiger charge is -2.19. The fourth-order valence-corrected chi connectivity index (χ4v) is 5.92. The van der Waals surface area contributed by atoms with Crippen LogP contribution >= 0.6 is 11.3 Å². The smallest absolute Gasteiger partial charge is 0.262 e. The number of Topliss-reactive ketones (excluding diaryl/α,β-unsaturated/α-hetero) is 1. The van der Waals surface area contributed by atoms with E-state index in [1.54, 1.807) is 38.0 Å². The topological polar surface area (TPSA) is 88.9 Å². The van der Waals surface area contributed by atoms with Gasteiger partial charge in [-0.15, -0.1) is 11.3 Å². The van der Waals surface area contributed by atoms with E-state index in [9.17, 15) is 9.59 Å². The average Bonchev–Trinajstić information content (AvgIpc) is 3.48. The molecule has 0 saturated carbocycles. The van der Waals surface area contributed by atoms with E-state index in [1.807, 2.05) is 0 Å². The molecule has 174 valence electrons. The number of nitrogens with zero attached hydrogens (tertiary/aromatic N) is 2. The zero-order chi connectivity index (χ0) is 23.1. The molecule has 1 atom stereocenters. The number of ketones is 1. The molecule has 0 radical (unpaired) electrons. The Labute approximate surface area is 195 Å². The first-order valence-corrected chi connectivity index (χ1v) is 11.9. The molecule has 1 saturated heterocycles. The molecule has 1 aromatic carbocycles. The second kappa shape index (κ2) is 8.79. The maximum atomic E-state index is 13.9. The van der Waals surface area contributed by atoms with Crippen molar-refractivity contribution in [1.29, 1.82) is 0 Å². The molecule has 0 amide bonds. The van der Waals surface area contributed by atoms with E-state index in [1.165, 1.54) is 11.3 Å². The summed E-state index contributed by atoms with van der Waals surface area (Å²) < 4.78 is 24.0. The van der Waals surface area contributed by atoms with Gasteiger partial charge in [0.15, 0.2) is 17.3 Å². The highest BCUT2D eigenvalue weighted by Crippen LogP contribution is 2.42. The van der Waals surface area contributed by atoms with Gasteiger partial charge in [-0.1, -0.05) is 0 Å². The Balaban J connectivity index is 1.77. The monoisotopic (exact) mass is 470 g/mol. The van der Waals surface area contributed by atoms with Crippen LogP contribution in [0.4, 0.5) is 0 Å². The van der Waals surface area contributed by atoms with Gasteiger partial charge in [-0.2, -0.15) is 0 Å². The molecule has 5 rings (SSSR count). The zero-order valence-corrected chi connectivity index (χ0v) is 19.8. The molecule has 9 heteroatoms. The molecule has 33 heavy (non-hydrogen) atoms. The number of thiophene rings is 1. The third-order valence-corrected chi connectivity index (χ3v) is 7.49. The van der Waals surface area contributed by atoms with Crippen LogP contribution < -0.4 is 19.8 Å². The largest absolute Gasteiger partial charge is 0.493 e. The molecule has 1 unspecified atom stereocenters. The van der Waals surface area contributed by atoms with E-state index in [0.717, 1.165) is 31.2 Å². The average molecular weight is 471 g/mol. The first-order valence-electron chi connectivity index (χ1n) is 11.1. The van der Waals surface area contributed by atoms with Crippen molar-refractivity contribution in [3.8, 4) is 28.6 Å². The molecular weight excluding hydrogens is 444 g/mol. The van der Waals surface area contributed by atoms with Crippen LogP contribution in [0, 0.1) is 0 Å². The van der Waals surface area contributed by atoms with Crippen molar-refractivity contribution < 1.29 is 23.7 Å². The zero-order valence-electron chi connectivity index (χ0n) is 18.9. The number of methoxy groups -OCH3 is 3. The number of hydrogen-bond donors (Lipinski definition) is 0. The third-order valence-electron chi connectivity index (χ3n) is 6.33. The first kappa shape index (κ1) is 21.9. The van der Waals surface area contributed by atoms with Crippen molar-refractivity contribution in [3.63, 3.8) is 0 Å². The van der Waals surface area contributed by atoms with Crippen LogP contribution in [-0.2, 0) is 17.7 Å². The molecule has 2 aliphatic rings. The Hall–Kier alpha value is -2.91. The van der Waals surface area contributed by atoms with Gasteiger partial charge in [-0.3, -0.25) is 14.2 Å². The molecule has 0 spiro atoms. The van der Waals surface area contributed by atoms with Crippen molar-refractivity contribution in [2.75, 3.05) is 27.9 Å². The number of carbonyl (C=O) groups excluding carboxylic acids is 1. The van der Waals surface area contributed by atoms with Crippen LogP contribution in [0.25, 0.3) is 21.6 Å². The number of fused-ring (bicyclic) bond motifs is 3. The molecule has 8 nitrogen and oxygen atoms in total. The number of benzene rings is 1. The number of hydrogen-bond acceptors (Lipinski definition) is 8. The summed E-state index contributed by atoms with van der Waals surface area (Å²) in [6.07, 6.45) is 3.80. The van der Waals surface area contributed by atoms with Gasteiger partial charge in [0.2, 0.25) is 5.75 Å². The lowest BCUT2D eigenvalue weighted by Crippen LogP contribution is -2.29. The fraction of sp³-hybridized carbons (Fsp3) is 0.458. The summed E-state index contributed by atoms with van der Waals surface area (Å²) in [5.74, 6) is 2.01. The minimum Gasteiger partial charge on any atom is -0.493 e. The normalized spacial score (nSPS) is 17.9. The standard InChI is InChI=1S/C24H26N2O6S/c1-29-17-10-13(11-18(30-2)20(17)31-3)22-25-23-19(15-7-4-8-16(27)21(15)33-23)24(28)26(22)12-14-6-5-9-32-14/h10-11,14H,4-9,12H2,1-3H3. The van der Waals surface area contributed by atoms with E-state index in [2.05, 4.69) is 0 Å². The van der Waals surface area contributed by atoms with Crippen molar-refractivity contribution in [2.45, 2.75) is 44.8 Å². The van der Waals surface area contributed by atoms with Crippen LogP contribution in [-0.4, -0.2) is 49.4 Å². The van der Waals surface area contributed by atoms with Crippen molar-refractivity contribution in [1.82, 2.24) is 9.55 Å². The fourth-order valence-electron chi connectivity index (χ4n) is 4.73. The highest BCUT2D eigenvalue weighted by Gasteiger charge is 2.28. The minimum absolute atomic E-state index is 0.0566. The van der Waals surface area contributed by atoms with Gasteiger partial charge in [0.1, 0.15) is 10.7 Å². The van der Waals surface area contributed by atoms with Crippen LogP contribution in [0.15, 0.2) is 16.9 Å². The maximum absolute atomic E-state index is 13.9. The van der Waals surface area contributed by atoms with E-state index < -0.39 is 0 Å². The quantitative estimate of drug-likeness (QED) is 0.541. The Morgan fingerprint density at radius 3 is 2.48 bits per heavy atom. The molecule has 1 aliphatic heterocycles. The second-order valence-electron chi connectivity index (χ2n) is 8.27. The highest BCUT2D eigenvalue weighted by molar-refractivity contribution is 7.20. The first-order chi connectivity index (χ1) is 16.0. The SMILES string of the molecule is COc1cc(-c2nc3sc4c(c3c(=O)n2CC2CCCO2)CCCC4=O)cc(OC)c1OC. The van der Waals surface area contributed by atoms with E-state index in [0.29, 0.717) is 63.3 Å². The van der Waals surface area contributed by atoms with Gasteiger partial charge in [-0.25, -0.2) is 4.98 Å². The van der Waals surface area contributed by atoms with Crippen LogP contribution in [0.3, 0.4) is 0 Å². The highest BCUT2D eigenvalue weighted by atomic mass is 32.1. The summed E-state index contributed by atoms with van der Waals surface area (Å²) in [4.78, 5) is 32.6. The number of ether oxygens (including phenoxy) is 4. The summed E-state index contributed by atoms with van der Waals surface area (Å²) in [5.41, 5.74) is 1.38. The Kier molecular flexibility index (Phi) is 5.84. The van der Waals surface area contributed by atoms with E-state index in [4.69, 9.17) is 23.9 Å². The summed E-state index contributed by atoms with van der Waals surface area (Å²) in [6, 6.07) is 3.58. The molecule has 3 heterocycles. The minimum atomic E-state index is -0.133. The molecule has 0 bridgehead atoms. The number of aryl methyl sites for hydroxylation is 1. The second-order valence-corrected chi connectivity index (χ2v) is 9.27. The van der Waals surface area contributed by atoms with Crippen LogP contribution in [0.1, 0.15) is 40.9 Å². The Morgan fingerprint density at radius 1 is 1.09 bits per heavy atom. The maximum Gasteiger partial charge on any atom is 0.262 e. The van der Waals surface area contributed by atoms with Crippen molar-refractivity contribution >= 4 is 27.3 Å². The number of aromatic nitrogens is 2. The number of carbonyl (C=O) groups is 1. The van der Waals surface area contributed by atoms with Gasteiger partial charge in [0.05, 0.1) is 44.2 Å². The summed E-state index contributed by atoms with van der Waals surface area (Å²) in [5, 5.41) is 0.567. The van der Waals surface area contributed by atoms with Crippen molar-refractivity contribution in [2.24, 2.45) is 0 Å². The molecule has 2 aromatic heterocycles. The predicted octanol–water partition coefficient (Wildman–Crippen LogP) is 3.85. The van der Waals surface area contributed by atoms with Gasteiger partial charge >= 0.3 is 0 Å². The lowest BCUT2D eigenvalue weighted by molar-refractivity contribution is 0.0963.